The highest BCUT2D eigenvalue weighted by Gasteiger charge is 2.48. The second-order valence-corrected chi connectivity index (χ2v) is 15.3. The number of fused-ring (bicyclic) bond motifs is 4. The summed E-state index contributed by atoms with van der Waals surface area (Å²) in [4.78, 5) is 14.6. The molecule has 47 heavy (non-hydrogen) atoms. The number of aromatic nitrogens is 2. The van der Waals surface area contributed by atoms with Crippen LogP contribution < -0.4 is 20.1 Å². The fraction of sp³-hybridized carbons (Fsp3) is 0.514. The van der Waals surface area contributed by atoms with Crippen LogP contribution in [0, 0.1) is 34.8 Å². The van der Waals surface area contributed by atoms with Gasteiger partial charge in [0.25, 0.3) is 0 Å². The lowest BCUT2D eigenvalue weighted by Crippen LogP contribution is -2.44. The van der Waals surface area contributed by atoms with Crippen LogP contribution in [0.25, 0.3) is 32.1 Å². The number of ether oxygens (including phenoxy) is 2. The van der Waals surface area contributed by atoms with E-state index in [2.05, 4.69) is 29.7 Å². The molecule has 0 amide bonds. The molecule has 8 rings (SSSR count). The summed E-state index contributed by atoms with van der Waals surface area (Å²) < 4.78 is 45.4. The van der Waals surface area contributed by atoms with Gasteiger partial charge in [0.1, 0.15) is 34.8 Å². The summed E-state index contributed by atoms with van der Waals surface area (Å²) >= 11 is 8.07. The number of halogens is 3. The first-order valence-corrected chi connectivity index (χ1v) is 17.8. The smallest absolute Gasteiger partial charge is 0.319 e. The van der Waals surface area contributed by atoms with Gasteiger partial charge in [0.15, 0.2) is 11.6 Å². The van der Waals surface area contributed by atoms with Crippen molar-refractivity contribution in [3.63, 3.8) is 0 Å². The molecule has 2 N–H and O–H groups in total. The first-order valence-electron chi connectivity index (χ1n) is 16.6. The van der Waals surface area contributed by atoms with Crippen LogP contribution in [0.15, 0.2) is 12.1 Å². The van der Waals surface area contributed by atoms with Crippen LogP contribution in [-0.4, -0.2) is 59.3 Å². The molecular formula is C35H37ClF2N6O2S. The average Bonchev–Trinajstić information content (AvgIpc) is 3.64. The van der Waals surface area contributed by atoms with E-state index in [9.17, 15) is 5.26 Å². The Morgan fingerprint density at radius 3 is 2.85 bits per heavy atom. The lowest BCUT2D eigenvalue weighted by Gasteiger charge is -2.37. The van der Waals surface area contributed by atoms with Gasteiger partial charge >= 0.3 is 6.01 Å². The molecule has 6 heterocycles. The summed E-state index contributed by atoms with van der Waals surface area (Å²) in [5.74, 6) is 0.537. The highest BCUT2D eigenvalue weighted by atomic mass is 35.5. The lowest BCUT2D eigenvalue weighted by atomic mass is 9.91. The lowest BCUT2D eigenvalue weighted by molar-refractivity contribution is 0.107. The predicted octanol–water partition coefficient (Wildman–Crippen LogP) is 7.93. The van der Waals surface area contributed by atoms with Gasteiger partial charge in [0.2, 0.25) is 0 Å². The molecule has 4 atom stereocenters. The third-order valence-corrected chi connectivity index (χ3v) is 12.3. The van der Waals surface area contributed by atoms with Crippen LogP contribution in [0.3, 0.4) is 0 Å². The summed E-state index contributed by atoms with van der Waals surface area (Å²) in [6.07, 6.45) is 7.10. The molecule has 3 saturated heterocycles. The van der Waals surface area contributed by atoms with Gasteiger partial charge in [-0.1, -0.05) is 37.9 Å². The fourth-order valence-corrected chi connectivity index (χ4v) is 10.1. The number of nitrogen functional groups attached to an aromatic ring is 1. The van der Waals surface area contributed by atoms with Crippen LogP contribution in [-0.2, 0) is 0 Å². The Balaban J connectivity index is 1.36. The minimum atomic E-state index is -0.706. The Morgan fingerprint density at radius 1 is 1.17 bits per heavy atom. The minimum Gasteiger partial charge on any atom is -0.491 e. The molecule has 4 aliphatic rings. The van der Waals surface area contributed by atoms with E-state index >= 15 is 8.78 Å². The molecule has 3 fully saturated rings. The van der Waals surface area contributed by atoms with E-state index in [1.165, 1.54) is 12.1 Å². The van der Waals surface area contributed by atoms with Gasteiger partial charge in [-0.2, -0.15) is 15.2 Å². The summed E-state index contributed by atoms with van der Waals surface area (Å²) in [5, 5.41) is 10.8. The standard InChI is InChI=1S/C35H37ClF2N6O2S/c1-18-14-35(10-5-11-43(35)16-18)17-46-34-41-29-26-30(45-13-9-23-19(2)6-3-4-12-44(23)33(26)42-34)27(36)25(28(29)38)20-7-8-22(37)31-24(20)21(15-39)32(40)47-31/h7-8,18-19,23H,3-6,9-14,16-17,40H2,1-2H3/t18-,19?,23?,35?/m1/s1. The van der Waals surface area contributed by atoms with Crippen molar-refractivity contribution in [3.05, 3.63) is 34.4 Å². The molecule has 4 aromatic rings. The van der Waals surface area contributed by atoms with Crippen LogP contribution in [0.1, 0.15) is 64.4 Å². The molecule has 2 aromatic heterocycles. The second-order valence-electron chi connectivity index (χ2n) is 13.9. The fourth-order valence-electron chi connectivity index (χ4n) is 8.81. The van der Waals surface area contributed by atoms with E-state index in [0.29, 0.717) is 36.3 Å². The molecule has 0 saturated carbocycles. The van der Waals surface area contributed by atoms with Crippen molar-refractivity contribution in [2.45, 2.75) is 70.4 Å². The third-order valence-electron chi connectivity index (χ3n) is 10.9. The van der Waals surface area contributed by atoms with Crippen LogP contribution in [0.4, 0.5) is 19.6 Å². The van der Waals surface area contributed by atoms with Gasteiger partial charge in [-0.25, -0.2) is 8.78 Å². The number of hydrogen-bond donors (Lipinski definition) is 1. The highest BCUT2D eigenvalue weighted by molar-refractivity contribution is 7.23. The molecule has 246 valence electrons. The van der Waals surface area contributed by atoms with Crippen LogP contribution >= 0.6 is 22.9 Å². The van der Waals surface area contributed by atoms with E-state index in [1.807, 2.05) is 0 Å². The predicted molar refractivity (Wildman–Crippen MR) is 181 cm³/mol. The first-order chi connectivity index (χ1) is 22.7. The molecule has 2 aromatic carbocycles. The molecule has 0 spiro atoms. The minimum absolute atomic E-state index is 0.0180. The first kappa shape index (κ1) is 30.8. The Hall–Kier alpha value is -3.46. The number of rotatable bonds is 4. The number of benzene rings is 2. The number of hydrogen-bond acceptors (Lipinski definition) is 9. The zero-order valence-corrected chi connectivity index (χ0v) is 28.1. The Morgan fingerprint density at radius 2 is 2.02 bits per heavy atom. The van der Waals surface area contributed by atoms with E-state index < -0.39 is 11.6 Å². The van der Waals surface area contributed by atoms with Crippen molar-refractivity contribution >= 4 is 54.7 Å². The van der Waals surface area contributed by atoms with Gasteiger partial charge < -0.3 is 20.1 Å². The molecule has 0 radical (unpaired) electrons. The number of nitrogens with zero attached hydrogens (tertiary/aromatic N) is 5. The zero-order chi connectivity index (χ0) is 32.6. The van der Waals surface area contributed by atoms with Crippen molar-refractivity contribution in [1.82, 2.24) is 14.9 Å². The largest absolute Gasteiger partial charge is 0.491 e. The molecule has 0 bridgehead atoms. The monoisotopic (exact) mass is 678 g/mol. The number of nitriles is 1. The number of anilines is 2. The molecule has 3 unspecified atom stereocenters. The van der Waals surface area contributed by atoms with Crippen molar-refractivity contribution in [2.24, 2.45) is 11.8 Å². The third kappa shape index (κ3) is 4.81. The van der Waals surface area contributed by atoms with Crippen molar-refractivity contribution in [3.8, 4) is 29.0 Å². The number of thiophene rings is 1. The second kappa shape index (κ2) is 11.6. The molecule has 12 heteroatoms. The van der Waals surface area contributed by atoms with Gasteiger partial charge in [0.05, 0.1) is 32.8 Å². The molecule has 4 aliphatic heterocycles. The maximum absolute atomic E-state index is 17.3. The van der Waals surface area contributed by atoms with Gasteiger partial charge in [0, 0.05) is 36.5 Å². The summed E-state index contributed by atoms with van der Waals surface area (Å²) in [6.45, 7) is 8.17. The molecule has 0 aliphatic carbocycles. The maximum Gasteiger partial charge on any atom is 0.319 e. The quantitative estimate of drug-likeness (QED) is 0.232. The Bertz CT molecular complexity index is 1960. The Kier molecular flexibility index (Phi) is 7.62. The Labute approximate surface area is 281 Å². The maximum atomic E-state index is 17.3. The van der Waals surface area contributed by atoms with Gasteiger partial charge in [-0.05, 0) is 62.1 Å². The van der Waals surface area contributed by atoms with Gasteiger partial charge in [-0.3, -0.25) is 4.90 Å². The van der Waals surface area contributed by atoms with E-state index in [-0.39, 0.29) is 65.7 Å². The van der Waals surface area contributed by atoms with Crippen molar-refractivity contribution < 1.29 is 18.3 Å². The normalized spacial score (nSPS) is 26.0. The van der Waals surface area contributed by atoms with E-state index in [1.54, 1.807) is 0 Å². The van der Waals surface area contributed by atoms with Crippen LogP contribution in [0.2, 0.25) is 5.02 Å². The SMILES string of the molecule is CC1CCCCN2c3nc(OCC45CCCN4C[C@H](C)C5)nc4c(F)c(-c5ccc(F)c6sc(N)c(C#N)c56)c(Cl)c(c34)OCCC12. The molecule has 8 nitrogen and oxygen atoms in total. The van der Waals surface area contributed by atoms with Crippen molar-refractivity contribution in [2.75, 3.05) is 43.5 Å². The van der Waals surface area contributed by atoms with Gasteiger partial charge in [-0.15, -0.1) is 11.3 Å². The summed E-state index contributed by atoms with van der Waals surface area (Å²) in [7, 11) is 0. The summed E-state index contributed by atoms with van der Waals surface area (Å²) in [6, 6.07) is 5.02. The average molecular weight is 679 g/mol. The van der Waals surface area contributed by atoms with E-state index in [0.717, 1.165) is 75.9 Å². The highest BCUT2D eigenvalue weighted by Crippen LogP contribution is 2.51. The number of nitrogens with two attached hydrogens (primary N) is 1. The van der Waals surface area contributed by atoms with E-state index in [4.69, 9.17) is 36.8 Å². The zero-order valence-electron chi connectivity index (χ0n) is 26.5. The topological polar surface area (TPSA) is 101 Å². The van der Waals surface area contributed by atoms with Crippen molar-refractivity contribution in [1.29, 1.82) is 5.26 Å². The molecular weight excluding hydrogens is 642 g/mol. The van der Waals surface area contributed by atoms with Crippen LogP contribution in [0.5, 0.6) is 11.8 Å². The summed E-state index contributed by atoms with van der Waals surface area (Å²) in [5.41, 5.74) is 6.40.